The van der Waals surface area contributed by atoms with Crippen LogP contribution >= 0.6 is 23.2 Å². The van der Waals surface area contributed by atoms with Crippen LogP contribution < -0.4 is 9.47 Å². The summed E-state index contributed by atoms with van der Waals surface area (Å²) in [6.45, 7) is 0. The van der Waals surface area contributed by atoms with Crippen molar-refractivity contribution in [2.45, 2.75) is 12.8 Å². The maximum atomic E-state index is 12.2. The Hall–Kier alpha value is -2.09. The molecule has 0 N–H and O–H groups in total. The second-order valence-corrected chi connectivity index (χ2v) is 9.89. The van der Waals surface area contributed by atoms with Gasteiger partial charge >= 0.3 is 11.9 Å². The minimum Gasteiger partial charge on any atom is -0.427 e. The number of hydrogen-bond donors (Lipinski definition) is 0. The molecule has 0 radical (unpaired) electrons. The quantitative estimate of drug-likeness (QED) is 0.483. The van der Waals surface area contributed by atoms with Crippen molar-refractivity contribution in [1.82, 2.24) is 0 Å². The van der Waals surface area contributed by atoms with Crippen LogP contribution in [0.25, 0.3) is 0 Å². The summed E-state index contributed by atoms with van der Waals surface area (Å²) in [5.74, 6) is -1.85. The third-order valence-electron chi connectivity index (χ3n) is 4.55. The molecule has 0 aliphatic carbocycles. The van der Waals surface area contributed by atoms with Crippen molar-refractivity contribution in [2.75, 3.05) is 11.5 Å². The normalized spacial score (nSPS) is 20.2. The zero-order chi connectivity index (χ0) is 21.0. The van der Waals surface area contributed by atoms with E-state index < -0.39 is 33.6 Å². The molecule has 2 unspecified atom stereocenters. The van der Waals surface area contributed by atoms with E-state index in [0.717, 1.165) is 0 Å². The number of hydrogen-bond acceptors (Lipinski definition) is 6. The van der Waals surface area contributed by atoms with Crippen LogP contribution in [0.2, 0.25) is 10.0 Å². The standard InChI is InChI=1S/C20H18Cl2O6S/c21-15-1-5-17(6-2-15)27-19(23)9-13-11-29(25,26)12-14(13)10-20(24)28-18-7-3-16(22)4-8-18/h1-8,13-14H,9-12H2. The Labute approximate surface area is 178 Å². The molecule has 0 amide bonds. The van der Waals surface area contributed by atoms with Crippen molar-refractivity contribution in [1.29, 1.82) is 0 Å². The predicted molar refractivity (Wildman–Crippen MR) is 109 cm³/mol. The molecule has 2 aromatic rings. The first-order chi connectivity index (χ1) is 13.7. The molecule has 3 rings (SSSR count). The highest BCUT2D eigenvalue weighted by atomic mass is 35.5. The number of carbonyl (C=O) groups excluding carboxylic acids is 2. The van der Waals surface area contributed by atoms with Crippen LogP contribution in [0, 0.1) is 11.8 Å². The fourth-order valence-electron chi connectivity index (χ4n) is 3.22. The summed E-state index contributed by atoms with van der Waals surface area (Å²) < 4.78 is 34.6. The molecule has 1 fully saturated rings. The number of halogens is 2. The molecule has 2 aromatic carbocycles. The van der Waals surface area contributed by atoms with Crippen LogP contribution in [-0.4, -0.2) is 31.9 Å². The van der Waals surface area contributed by atoms with Crippen LogP contribution in [-0.2, 0) is 19.4 Å². The van der Waals surface area contributed by atoms with E-state index in [1.54, 1.807) is 48.5 Å². The van der Waals surface area contributed by atoms with Crippen LogP contribution in [0.1, 0.15) is 12.8 Å². The Morgan fingerprint density at radius 2 is 1.10 bits per heavy atom. The van der Waals surface area contributed by atoms with Crippen molar-refractivity contribution >= 4 is 45.0 Å². The highest BCUT2D eigenvalue weighted by molar-refractivity contribution is 7.91. The first-order valence-corrected chi connectivity index (χ1v) is 11.4. The first-order valence-electron chi connectivity index (χ1n) is 8.83. The van der Waals surface area contributed by atoms with Gasteiger partial charge in [-0.2, -0.15) is 0 Å². The number of esters is 2. The molecule has 154 valence electrons. The maximum absolute atomic E-state index is 12.2. The Kier molecular flexibility index (Phi) is 6.82. The van der Waals surface area contributed by atoms with Crippen molar-refractivity contribution in [3.63, 3.8) is 0 Å². The molecule has 1 saturated heterocycles. The van der Waals surface area contributed by atoms with E-state index in [9.17, 15) is 18.0 Å². The second kappa shape index (κ2) is 9.15. The van der Waals surface area contributed by atoms with Gasteiger partial charge in [-0.15, -0.1) is 0 Å². The summed E-state index contributed by atoms with van der Waals surface area (Å²) in [4.78, 5) is 24.5. The van der Waals surface area contributed by atoms with E-state index >= 15 is 0 Å². The summed E-state index contributed by atoms with van der Waals surface area (Å²) in [6.07, 6.45) is -0.221. The highest BCUT2D eigenvalue weighted by Crippen LogP contribution is 2.32. The highest BCUT2D eigenvalue weighted by Gasteiger charge is 2.40. The van der Waals surface area contributed by atoms with E-state index in [0.29, 0.717) is 21.5 Å². The van der Waals surface area contributed by atoms with Gasteiger partial charge in [-0.3, -0.25) is 9.59 Å². The summed E-state index contributed by atoms with van der Waals surface area (Å²) in [5, 5.41) is 1.01. The zero-order valence-corrected chi connectivity index (χ0v) is 17.5. The van der Waals surface area contributed by atoms with E-state index in [1.165, 1.54) is 0 Å². The number of ether oxygens (including phenoxy) is 2. The van der Waals surface area contributed by atoms with Crippen molar-refractivity contribution < 1.29 is 27.5 Å². The van der Waals surface area contributed by atoms with Gasteiger partial charge in [0.15, 0.2) is 9.84 Å². The second-order valence-electron chi connectivity index (χ2n) is 6.86. The Morgan fingerprint density at radius 1 is 0.759 bits per heavy atom. The molecule has 0 spiro atoms. The molecule has 2 atom stereocenters. The molecule has 1 aliphatic rings. The monoisotopic (exact) mass is 456 g/mol. The smallest absolute Gasteiger partial charge is 0.311 e. The van der Waals surface area contributed by atoms with Crippen LogP contribution in [0.3, 0.4) is 0 Å². The van der Waals surface area contributed by atoms with Gasteiger partial charge in [-0.05, 0) is 60.4 Å². The lowest BCUT2D eigenvalue weighted by Crippen LogP contribution is -2.23. The van der Waals surface area contributed by atoms with Crippen LogP contribution in [0.4, 0.5) is 0 Å². The number of benzene rings is 2. The van der Waals surface area contributed by atoms with Crippen molar-refractivity contribution in [2.24, 2.45) is 11.8 Å². The van der Waals surface area contributed by atoms with Gasteiger partial charge in [-0.1, -0.05) is 23.2 Å². The fraction of sp³-hybridized carbons (Fsp3) is 0.300. The molecule has 9 heteroatoms. The van der Waals surface area contributed by atoms with E-state index in [1.807, 2.05) is 0 Å². The Balaban J connectivity index is 1.60. The molecule has 1 aliphatic heterocycles. The first kappa shape index (κ1) is 21.6. The van der Waals surface area contributed by atoms with Crippen LogP contribution in [0.5, 0.6) is 11.5 Å². The fourth-order valence-corrected chi connectivity index (χ4v) is 5.70. The third kappa shape index (κ3) is 6.45. The molecule has 0 saturated carbocycles. The Bertz CT molecular complexity index is 911. The minimum absolute atomic E-state index is 0.110. The summed E-state index contributed by atoms with van der Waals surface area (Å²) in [5.41, 5.74) is 0. The average Bonchev–Trinajstić information content (AvgIpc) is 2.91. The minimum atomic E-state index is -3.34. The maximum Gasteiger partial charge on any atom is 0.311 e. The number of rotatable bonds is 6. The van der Waals surface area contributed by atoms with Gasteiger partial charge in [-0.25, -0.2) is 8.42 Å². The van der Waals surface area contributed by atoms with E-state index in [-0.39, 0.29) is 24.3 Å². The number of carbonyl (C=O) groups is 2. The molecule has 0 aromatic heterocycles. The van der Waals surface area contributed by atoms with Crippen LogP contribution in [0.15, 0.2) is 48.5 Å². The zero-order valence-electron chi connectivity index (χ0n) is 15.2. The number of sulfone groups is 1. The van der Waals surface area contributed by atoms with Gasteiger partial charge in [0.2, 0.25) is 0 Å². The van der Waals surface area contributed by atoms with Gasteiger partial charge < -0.3 is 9.47 Å². The SMILES string of the molecule is O=C(CC1CS(=O)(=O)CC1CC(=O)Oc1ccc(Cl)cc1)Oc1ccc(Cl)cc1. The van der Waals surface area contributed by atoms with Gasteiger partial charge in [0.25, 0.3) is 0 Å². The van der Waals surface area contributed by atoms with E-state index in [4.69, 9.17) is 32.7 Å². The molecule has 29 heavy (non-hydrogen) atoms. The lowest BCUT2D eigenvalue weighted by Gasteiger charge is -2.16. The summed E-state index contributed by atoms with van der Waals surface area (Å²) in [7, 11) is -3.34. The summed E-state index contributed by atoms with van der Waals surface area (Å²) >= 11 is 11.6. The van der Waals surface area contributed by atoms with Gasteiger partial charge in [0.05, 0.1) is 24.3 Å². The van der Waals surface area contributed by atoms with Gasteiger partial charge in [0.1, 0.15) is 11.5 Å². The van der Waals surface area contributed by atoms with E-state index in [2.05, 4.69) is 0 Å². The largest absolute Gasteiger partial charge is 0.427 e. The van der Waals surface area contributed by atoms with Crippen molar-refractivity contribution in [3.8, 4) is 11.5 Å². The molecular formula is C20H18Cl2O6S. The predicted octanol–water partition coefficient (Wildman–Crippen LogP) is 3.95. The molecule has 1 heterocycles. The van der Waals surface area contributed by atoms with Crippen molar-refractivity contribution in [3.05, 3.63) is 58.6 Å². The molecule has 0 bridgehead atoms. The third-order valence-corrected chi connectivity index (χ3v) is 6.93. The summed E-state index contributed by atoms with van der Waals surface area (Å²) in [6, 6.07) is 12.5. The topological polar surface area (TPSA) is 86.7 Å². The Morgan fingerprint density at radius 3 is 1.45 bits per heavy atom. The average molecular weight is 457 g/mol. The lowest BCUT2D eigenvalue weighted by molar-refractivity contribution is -0.138. The van der Waals surface area contributed by atoms with Gasteiger partial charge in [0, 0.05) is 10.0 Å². The molecular weight excluding hydrogens is 439 g/mol. The molecule has 6 nitrogen and oxygen atoms in total. The lowest BCUT2D eigenvalue weighted by atomic mass is 9.90.